The molecule has 4 N–H and O–H groups in total. The number of halogens is 1. The Labute approximate surface area is 270 Å². The Morgan fingerprint density at radius 2 is 1.87 bits per heavy atom. The van der Waals surface area contributed by atoms with Gasteiger partial charge in [-0.05, 0) is 117 Å². The van der Waals surface area contributed by atoms with Gasteiger partial charge in [0.25, 0.3) is 0 Å². The van der Waals surface area contributed by atoms with E-state index in [1.807, 2.05) is 51.4 Å². The summed E-state index contributed by atoms with van der Waals surface area (Å²) in [6.45, 7) is 12.0. The number of aromatic amines is 2. The summed E-state index contributed by atoms with van der Waals surface area (Å²) < 4.78 is 14.8. The zero-order chi connectivity index (χ0) is 32.2. The fraction of sp³-hybridized carbons (Fsp3) is 0.256. The number of hydrogen-bond donors (Lipinski definition) is 4. The van der Waals surface area contributed by atoms with Crippen LogP contribution >= 0.6 is 0 Å². The second-order valence-corrected chi connectivity index (χ2v) is 12.4. The van der Waals surface area contributed by atoms with E-state index >= 15 is 0 Å². The third kappa shape index (κ3) is 6.70. The molecule has 46 heavy (non-hydrogen) atoms. The molecule has 0 spiro atoms. The largest absolute Gasteiger partial charge is 0.384 e. The first kappa shape index (κ1) is 31.1. The second-order valence-electron chi connectivity index (χ2n) is 12.4. The highest BCUT2D eigenvalue weighted by Gasteiger charge is 2.19. The monoisotopic (exact) mass is 614 g/mol. The van der Waals surface area contributed by atoms with Crippen molar-refractivity contribution in [2.45, 2.75) is 32.6 Å². The Bertz CT molecular complexity index is 1950. The van der Waals surface area contributed by atoms with Crippen molar-refractivity contribution >= 4 is 33.1 Å². The maximum absolute atomic E-state index is 14.8. The van der Waals surface area contributed by atoms with E-state index in [0.29, 0.717) is 5.92 Å². The van der Waals surface area contributed by atoms with Crippen LogP contribution in [0.4, 0.5) is 10.1 Å². The average molecular weight is 615 g/mol. The van der Waals surface area contributed by atoms with Crippen LogP contribution in [0.25, 0.3) is 49.9 Å². The molecule has 0 saturated heterocycles. The summed E-state index contributed by atoms with van der Waals surface area (Å²) in [6, 6.07) is 19.7. The number of benzene rings is 3. The van der Waals surface area contributed by atoms with Gasteiger partial charge in [0, 0.05) is 46.5 Å². The molecule has 0 amide bonds. The van der Waals surface area contributed by atoms with E-state index in [-0.39, 0.29) is 5.82 Å². The fourth-order valence-electron chi connectivity index (χ4n) is 6.41. The lowest BCUT2D eigenvalue weighted by atomic mass is 9.99. The number of nitrogens with one attached hydrogen (secondary N) is 4. The number of likely N-dealkylation sites (N-methyl/N-ethyl adjacent to an activating group) is 1. The average Bonchev–Trinajstić information content (AvgIpc) is 3.82. The molecule has 0 bridgehead atoms. The van der Waals surface area contributed by atoms with Crippen LogP contribution in [-0.2, 0) is 0 Å². The number of nitrogens with zero attached hydrogens (tertiary/aromatic N) is 2. The lowest BCUT2D eigenvalue weighted by molar-refractivity contribution is 0.425. The number of allylic oxidation sites excluding steroid dienone is 5. The number of aromatic nitrogens is 3. The third-order valence-electron chi connectivity index (χ3n) is 8.91. The summed E-state index contributed by atoms with van der Waals surface area (Å²) in [5.74, 6) is 0.252. The van der Waals surface area contributed by atoms with Gasteiger partial charge in [0.15, 0.2) is 0 Å². The summed E-state index contributed by atoms with van der Waals surface area (Å²) in [5, 5.41) is 16.8. The van der Waals surface area contributed by atoms with Gasteiger partial charge in [-0.15, -0.1) is 0 Å². The van der Waals surface area contributed by atoms with Gasteiger partial charge >= 0.3 is 0 Å². The Balaban J connectivity index is 1.32. The number of H-pyrrole nitrogens is 2. The Hall–Kier alpha value is -4.88. The first-order valence-corrected chi connectivity index (χ1v) is 16.1. The molecule has 3 aromatic carbocycles. The van der Waals surface area contributed by atoms with Gasteiger partial charge in [0.1, 0.15) is 11.5 Å². The van der Waals surface area contributed by atoms with Crippen LogP contribution in [0, 0.1) is 11.7 Å². The highest BCUT2D eigenvalue weighted by Crippen LogP contribution is 2.36. The van der Waals surface area contributed by atoms with Crippen LogP contribution in [0.15, 0.2) is 103 Å². The fourth-order valence-corrected chi connectivity index (χ4v) is 6.41. The predicted octanol–water partition coefficient (Wildman–Crippen LogP) is 9.26. The van der Waals surface area contributed by atoms with E-state index in [4.69, 9.17) is 5.10 Å². The molecule has 0 atom stereocenters. The highest BCUT2D eigenvalue weighted by molar-refractivity contribution is 6.02. The smallest absolute Gasteiger partial charge is 0.125 e. The van der Waals surface area contributed by atoms with Crippen LogP contribution in [0.5, 0.6) is 0 Å². The van der Waals surface area contributed by atoms with E-state index in [2.05, 4.69) is 75.2 Å². The molecule has 1 aliphatic carbocycles. The molecule has 7 heteroatoms. The zero-order valence-corrected chi connectivity index (χ0v) is 27.0. The van der Waals surface area contributed by atoms with Crippen molar-refractivity contribution in [1.29, 1.82) is 0 Å². The first-order valence-electron chi connectivity index (χ1n) is 16.1. The van der Waals surface area contributed by atoms with E-state index in [1.165, 1.54) is 25.7 Å². The third-order valence-corrected chi connectivity index (χ3v) is 8.91. The van der Waals surface area contributed by atoms with Gasteiger partial charge in [-0.1, -0.05) is 50.3 Å². The minimum Gasteiger partial charge on any atom is -0.384 e. The van der Waals surface area contributed by atoms with E-state index in [0.717, 1.165) is 85.6 Å². The Morgan fingerprint density at radius 1 is 1.04 bits per heavy atom. The van der Waals surface area contributed by atoms with Crippen molar-refractivity contribution in [3.63, 3.8) is 0 Å². The standard InChI is InChI=1S/C39H43FN6/c1-6-26(20-31(7-2)42-25(3)27-11-8-9-12-27)28-15-16-37-35(22-28)39(45-44-37)38-24-34-33(13-10-14-36(34)43-38)29-19-30(40)23-32(21-29)41-17-18-46(4)5/h6-7,10,13-16,19-24,27,41-43H,2-3,8-9,11-12,17-18H2,1,4-5H3,(H,44,45)/b26-6+,31-20+. The maximum Gasteiger partial charge on any atom is 0.125 e. The lowest BCUT2D eigenvalue weighted by Crippen LogP contribution is -2.20. The van der Waals surface area contributed by atoms with Crippen molar-refractivity contribution < 1.29 is 4.39 Å². The van der Waals surface area contributed by atoms with Crippen molar-refractivity contribution in [3.05, 3.63) is 115 Å². The van der Waals surface area contributed by atoms with E-state index in [9.17, 15) is 4.39 Å². The van der Waals surface area contributed by atoms with Crippen LogP contribution in [0.2, 0.25) is 0 Å². The normalized spacial score (nSPS) is 14.5. The highest BCUT2D eigenvalue weighted by atomic mass is 19.1. The summed E-state index contributed by atoms with van der Waals surface area (Å²) >= 11 is 0. The molecule has 0 unspecified atom stereocenters. The maximum atomic E-state index is 14.8. The van der Waals surface area contributed by atoms with Crippen molar-refractivity contribution in [2.24, 2.45) is 5.92 Å². The molecule has 2 heterocycles. The van der Waals surface area contributed by atoms with Gasteiger partial charge in [0.2, 0.25) is 0 Å². The quantitative estimate of drug-likeness (QED) is 0.106. The number of anilines is 1. The molecule has 1 saturated carbocycles. The van der Waals surface area contributed by atoms with Gasteiger partial charge in [-0.25, -0.2) is 4.39 Å². The topological polar surface area (TPSA) is 71.8 Å². The number of fused-ring (bicyclic) bond motifs is 2. The Morgan fingerprint density at radius 3 is 2.63 bits per heavy atom. The molecule has 2 aromatic heterocycles. The van der Waals surface area contributed by atoms with Crippen molar-refractivity contribution in [1.82, 2.24) is 25.4 Å². The van der Waals surface area contributed by atoms with Gasteiger partial charge in [-0.2, -0.15) is 5.10 Å². The minimum atomic E-state index is -0.269. The van der Waals surface area contributed by atoms with E-state index in [1.54, 1.807) is 12.1 Å². The molecule has 6 rings (SSSR count). The predicted molar refractivity (Wildman–Crippen MR) is 192 cm³/mol. The summed E-state index contributed by atoms with van der Waals surface area (Å²) in [6.07, 6.45) is 11.0. The summed E-state index contributed by atoms with van der Waals surface area (Å²) in [5.41, 5.74) is 10.4. The molecule has 6 nitrogen and oxygen atoms in total. The second kappa shape index (κ2) is 13.6. The van der Waals surface area contributed by atoms with Gasteiger partial charge < -0.3 is 20.5 Å². The van der Waals surface area contributed by atoms with Gasteiger partial charge in [-0.3, -0.25) is 5.10 Å². The Kier molecular flexibility index (Phi) is 9.22. The molecule has 0 aliphatic heterocycles. The summed E-state index contributed by atoms with van der Waals surface area (Å²) in [7, 11) is 4.05. The van der Waals surface area contributed by atoms with Crippen LogP contribution < -0.4 is 10.6 Å². The van der Waals surface area contributed by atoms with Crippen molar-refractivity contribution in [2.75, 3.05) is 32.5 Å². The molecule has 236 valence electrons. The van der Waals surface area contributed by atoms with E-state index < -0.39 is 0 Å². The molecule has 1 aliphatic rings. The molecule has 1 fully saturated rings. The lowest BCUT2D eigenvalue weighted by Gasteiger charge is -2.17. The SMILES string of the molecule is C=C/C(=C\C(=C/C)c1ccc2[nH]nc(-c3cc4c(-c5cc(F)cc(NCCN(C)C)c5)cccc4[nH]3)c2c1)NC(=C)C1CCCC1. The van der Waals surface area contributed by atoms with Gasteiger partial charge in [0.05, 0.1) is 11.2 Å². The molecule has 0 radical (unpaired) electrons. The first-order chi connectivity index (χ1) is 22.3. The van der Waals surface area contributed by atoms with Crippen LogP contribution in [-0.4, -0.2) is 47.3 Å². The summed E-state index contributed by atoms with van der Waals surface area (Å²) in [4.78, 5) is 5.67. The van der Waals surface area contributed by atoms with Crippen molar-refractivity contribution in [3.8, 4) is 22.5 Å². The van der Waals surface area contributed by atoms with Crippen LogP contribution in [0.3, 0.4) is 0 Å². The molecular weight excluding hydrogens is 571 g/mol. The minimum absolute atomic E-state index is 0.269. The zero-order valence-electron chi connectivity index (χ0n) is 27.0. The molecule has 5 aromatic rings. The number of rotatable bonds is 12. The number of hydrogen-bond acceptors (Lipinski definition) is 4. The van der Waals surface area contributed by atoms with Crippen LogP contribution in [0.1, 0.15) is 38.2 Å². The molecular formula is C39H43FN6.